The highest BCUT2D eigenvalue weighted by atomic mass is 19.3. The molecule has 1 saturated carbocycles. The lowest BCUT2D eigenvalue weighted by molar-refractivity contribution is -0.0512. The van der Waals surface area contributed by atoms with Crippen LogP contribution in [0.5, 0.6) is 11.5 Å². The van der Waals surface area contributed by atoms with E-state index in [1.807, 2.05) is 0 Å². The van der Waals surface area contributed by atoms with Crippen LogP contribution in [0, 0.1) is 11.6 Å². The number of halogens is 4. The Labute approximate surface area is 214 Å². The molecule has 5 nitrogen and oxygen atoms in total. The molecule has 0 bridgehead atoms. The smallest absolute Gasteiger partial charge is 0.387 e. The Hall–Kier alpha value is -3.07. The molecular formula is C28H32F4N2O3. The van der Waals surface area contributed by atoms with E-state index >= 15 is 0 Å². The van der Waals surface area contributed by atoms with Gasteiger partial charge in [-0.25, -0.2) is 8.78 Å². The van der Waals surface area contributed by atoms with Gasteiger partial charge in [-0.15, -0.1) is 0 Å². The zero-order valence-corrected chi connectivity index (χ0v) is 21.1. The van der Waals surface area contributed by atoms with Crippen LogP contribution >= 0.6 is 0 Å². The van der Waals surface area contributed by atoms with Crippen molar-refractivity contribution < 1.29 is 31.8 Å². The normalized spacial score (nSPS) is 18.7. The van der Waals surface area contributed by atoms with E-state index in [1.54, 1.807) is 17.9 Å². The molecule has 0 N–H and O–H groups in total. The Morgan fingerprint density at radius 3 is 2.54 bits per heavy atom. The fourth-order valence-electron chi connectivity index (χ4n) is 5.13. The van der Waals surface area contributed by atoms with Crippen molar-refractivity contribution in [3.05, 3.63) is 64.7 Å². The summed E-state index contributed by atoms with van der Waals surface area (Å²) in [7, 11) is 1.32. The van der Waals surface area contributed by atoms with E-state index in [0.29, 0.717) is 12.6 Å². The summed E-state index contributed by atoms with van der Waals surface area (Å²) >= 11 is 0. The number of hydrogen-bond donors (Lipinski definition) is 0. The quantitative estimate of drug-likeness (QED) is 0.353. The van der Waals surface area contributed by atoms with Gasteiger partial charge in [0.2, 0.25) is 0 Å². The summed E-state index contributed by atoms with van der Waals surface area (Å²) in [5.74, 6) is -1.76. The third-order valence-corrected chi connectivity index (χ3v) is 7.12. The van der Waals surface area contributed by atoms with Crippen molar-refractivity contribution >= 4 is 12.0 Å². The Balaban J connectivity index is 1.59. The third kappa shape index (κ3) is 6.63. The summed E-state index contributed by atoms with van der Waals surface area (Å²) in [4.78, 5) is 17.9. The number of likely N-dealkylation sites (tertiary alicyclic amines) is 1. The van der Waals surface area contributed by atoms with E-state index in [2.05, 4.69) is 9.64 Å². The summed E-state index contributed by atoms with van der Waals surface area (Å²) < 4.78 is 62.7. The van der Waals surface area contributed by atoms with Gasteiger partial charge in [0.15, 0.2) is 11.5 Å². The predicted molar refractivity (Wildman–Crippen MR) is 133 cm³/mol. The van der Waals surface area contributed by atoms with Crippen molar-refractivity contribution in [2.75, 3.05) is 26.7 Å². The highest BCUT2D eigenvalue weighted by molar-refractivity contribution is 5.95. The minimum absolute atomic E-state index is 0.0312. The number of amides is 1. The summed E-state index contributed by atoms with van der Waals surface area (Å²) in [5.41, 5.74) is 1.22. The first-order valence-corrected chi connectivity index (χ1v) is 12.5. The van der Waals surface area contributed by atoms with E-state index in [-0.39, 0.29) is 41.1 Å². The fourth-order valence-corrected chi connectivity index (χ4v) is 5.13. The second kappa shape index (κ2) is 12.0. The van der Waals surface area contributed by atoms with Crippen molar-refractivity contribution in [1.29, 1.82) is 0 Å². The number of hydrogen-bond acceptors (Lipinski definition) is 4. The lowest BCUT2D eigenvalue weighted by Gasteiger charge is -2.40. The van der Waals surface area contributed by atoms with Gasteiger partial charge >= 0.3 is 6.61 Å². The minimum atomic E-state index is -3.02. The second-order valence-electron chi connectivity index (χ2n) is 9.70. The van der Waals surface area contributed by atoms with Crippen LogP contribution < -0.4 is 9.47 Å². The number of ether oxygens (including phenoxy) is 2. The molecule has 2 aromatic carbocycles. The van der Waals surface area contributed by atoms with Gasteiger partial charge in [-0.2, -0.15) is 8.78 Å². The molecule has 1 aliphatic heterocycles. The van der Waals surface area contributed by atoms with Crippen LogP contribution in [0.4, 0.5) is 17.6 Å². The molecular weight excluding hydrogens is 488 g/mol. The van der Waals surface area contributed by atoms with Gasteiger partial charge in [0.25, 0.3) is 5.91 Å². The Morgan fingerprint density at radius 1 is 1.11 bits per heavy atom. The first kappa shape index (κ1) is 27.0. The summed E-state index contributed by atoms with van der Waals surface area (Å²) in [6, 6.07) is 8.25. The van der Waals surface area contributed by atoms with Crippen LogP contribution in [0.25, 0.3) is 6.08 Å². The predicted octanol–water partition coefficient (Wildman–Crippen LogP) is 6.14. The number of rotatable bonds is 10. The first-order chi connectivity index (χ1) is 17.7. The van der Waals surface area contributed by atoms with Crippen molar-refractivity contribution in [3.8, 4) is 11.5 Å². The zero-order chi connectivity index (χ0) is 26.5. The molecule has 1 amide bonds. The molecule has 2 aliphatic rings. The second-order valence-corrected chi connectivity index (χ2v) is 9.70. The SMILES string of the molecule is COc1cc(C(=O)N(C/C(C)=C/c2ccc(F)cc2F)CC2CCCN2C2CCC2)ccc1OC(F)F. The maximum absolute atomic E-state index is 14.2. The van der Waals surface area contributed by atoms with E-state index in [0.717, 1.165) is 43.9 Å². The van der Waals surface area contributed by atoms with Gasteiger partial charge in [-0.1, -0.05) is 18.1 Å². The van der Waals surface area contributed by atoms with Gasteiger partial charge in [0.1, 0.15) is 11.6 Å². The average molecular weight is 521 g/mol. The molecule has 0 aromatic heterocycles. The molecule has 1 aliphatic carbocycles. The first-order valence-electron chi connectivity index (χ1n) is 12.5. The van der Waals surface area contributed by atoms with Crippen molar-refractivity contribution in [2.45, 2.75) is 57.7 Å². The highest BCUT2D eigenvalue weighted by Gasteiger charge is 2.35. The van der Waals surface area contributed by atoms with Crippen molar-refractivity contribution in [2.24, 2.45) is 0 Å². The largest absolute Gasteiger partial charge is 0.493 e. The number of carbonyl (C=O) groups excluding carboxylic acids is 1. The van der Waals surface area contributed by atoms with Crippen LogP contribution in [-0.2, 0) is 0 Å². The van der Waals surface area contributed by atoms with Gasteiger partial charge in [-0.3, -0.25) is 9.69 Å². The van der Waals surface area contributed by atoms with E-state index in [1.165, 1.54) is 43.9 Å². The van der Waals surface area contributed by atoms with Crippen LogP contribution in [0.3, 0.4) is 0 Å². The molecule has 0 radical (unpaired) electrons. The van der Waals surface area contributed by atoms with E-state index in [9.17, 15) is 22.4 Å². The molecule has 0 spiro atoms. The number of alkyl halides is 2. The zero-order valence-electron chi connectivity index (χ0n) is 21.1. The van der Waals surface area contributed by atoms with Gasteiger partial charge in [0.05, 0.1) is 7.11 Å². The Morgan fingerprint density at radius 2 is 1.89 bits per heavy atom. The molecule has 4 rings (SSSR count). The molecule has 2 aromatic rings. The molecule has 2 fully saturated rings. The standard InChI is InChI=1S/C28H32F4N2O3/c1-18(13-19-8-10-21(29)15-24(19)30)16-33(17-23-7-4-12-34(23)22-5-3-6-22)27(35)20-9-11-25(37-28(31)32)26(14-20)36-2/h8-11,13-15,22-23,28H,3-7,12,16-17H2,1-2H3/b18-13+. The molecule has 1 saturated heterocycles. The molecule has 37 heavy (non-hydrogen) atoms. The maximum Gasteiger partial charge on any atom is 0.387 e. The summed E-state index contributed by atoms with van der Waals surface area (Å²) in [6.07, 6.45) is 7.18. The van der Waals surface area contributed by atoms with Gasteiger partial charge in [-0.05, 0) is 69.5 Å². The van der Waals surface area contributed by atoms with Crippen LogP contribution in [0.1, 0.15) is 54.9 Å². The third-order valence-electron chi connectivity index (χ3n) is 7.12. The Kier molecular flexibility index (Phi) is 8.74. The number of carbonyl (C=O) groups is 1. The Bertz CT molecular complexity index is 1140. The number of benzene rings is 2. The molecule has 1 unspecified atom stereocenters. The average Bonchev–Trinajstić information content (AvgIpc) is 3.26. The molecule has 200 valence electrons. The maximum atomic E-state index is 14.2. The number of methoxy groups -OCH3 is 1. The van der Waals surface area contributed by atoms with Gasteiger partial charge in [0, 0.05) is 42.4 Å². The topological polar surface area (TPSA) is 42.0 Å². The van der Waals surface area contributed by atoms with Crippen LogP contribution in [0.15, 0.2) is 42.0 Å². The van der Waals surface area contributed by atoms with Gasteiger partial charge < -0.3 is 14.4 Å². The molecule has 1 heterocycles. The highest BCUT2D eigenvalue weighted by Crippen LogP contribution is 2.33. The van der Waals surface area contributed by atoms with E-state index in [4.69, 9.17) is 4.74 Å². The van der Waals surface area contributed by atoms with Crippen molar-refractivity contribution in [1.82, 2.24) is 9.80 Å². The van der Waals surface area contributed by atoms with Crippen molar-refractivity contribution in [3.63, 3.8) is 0 Å². The fraction of sp³-hybridized carbons (Fsp3) is 0.464. The molecule has 1 atom stereocenters. The summed E-state index contributed by atoms with van der Waals surface area (Å²) in [6.45, 7) is 0.473. The van der Waals surface area contributed by atoms with E-state index < -0.39 is 18.2 Å². The lowest BCUT2D eigenvalue weighted by Crippen LogP contribution is -2.49. The lowest BCUT2D eigenvalue weighted by atomic mass is 9.91. The van der Waals surface area contributed by atoms with Crippen LogP contribution in [-0.4, -0.2) is 61.1 Å². The van der Waals surface area contributed by atoms with Crippen LogP contribution in [0.2, 0.25) is 0 Å². The minimum Gasteiger partial charge on any atom is -0.493 e. The number of nitrogens with zero attached hydrogens (tertiary/aromatic N) is 2. The summed E-state index contributed by atoms with van der Waals surface area (Å²) in [5, 5.41) is 0. The monoisotopic (exact) mass is 520 g/mol. The molecule has 9 heteroatoms.